The number of nitrogens with one attached hydrogen (secondary N) is 1. The van der Waals surface area contributed by atoms with Gasteiger partial charge in [0.25, 0.3) is 12.3 Å². The van der Waals surface area contributed by atoms with Crippen molar-refractivity contribution in [3.8, 4) is 5.88 Å². The largest absolute Gasteiger partial charge is 0.471 e. The molecule has 6 nitrogen and oxygen atoms in total. The van der Waals surface area contributed by atoms with Crippen molar-refractivity contribution >= 4 is 11.7 Å². The third kappa shape index (κ3) is 6.40. The number of aromatic nitrogens is 2. The number of nitrogens with zero attached hydrogens (tertiary/aromatic N) is 2. The van der Waals surface area contributed by atoms with E-state index in [0.717, 1.165) is 0 Å². The molecule has 144 valence electrons. The second kappa shape index (κ2) is 9.16. The van der Waals surface area contributed by atoms with Gasteiger partial charge in [-0.15, -0.1) is 0 Å². The number of aryl methyl sites for hydroxylation is 2. The van der Waals surface area contributed by atoms with Crippen molar-refractivity contribution in [3.05, 3.63) is 52.5 Å². The van der Waals surface area contributed by atoms with Crippen molar-refractivity contribution in [2.75, 3.05) is 6.61 Å². The number of ketones is 1. The maximum Gasteiger partial charge on any atom is 0.272 e. The van der Waals surface area contributed by atoms with Crippen LogP contribution in [0.5, 0.6) is 5.88 Å². The van der Waals surface area contributed by atoms with E-state index >= 15 is 0 Å². The average Bonchev–Trinajstić information content (AvgIpc) is 2.57. The number of alkyl halides is 2. The van der Waals surface area contributed by atoms with E-state index in [0.29, 0.717) is 28.1 Å². The first-order chi connectivity index (χ1) is 12.7. The molecule has 0 aliphatic carbocycles. The third-order valence-electron chi connectivity index (χ3n) is 3.58. The lowest BCUT2D eigenvalue weighted by Gasteiger charge is -2.10. The van der Waals surface area contributed by atoms with E-state index < -0.39 is 13.0 Å². The van der Waals surface area contributed by atoms with Crippen molar-refractivity contribution in [2.45, 2.75) is 40.2 Å². The second-order valence-electron chi connectivity index (χ2n) is 6.22. The van der Waals surface area contributed by atoms with Gasteiger partial charge in [-0.3, -0.25) is 14.6 Å². The van der Waals surface area contributed by atoms with E-state index in [1.54, 1.807) is 32.0 Å². The summed E-state index contributed by atoms with van der Waals surface area (Å²) in [5, 5.41) is 2.77. The van der Waals surface area contributed by atoms with E-state index in [1.165, 1.54) is 13.1 Å². The summed E-state index contributed by atoms with van der Waals surface area (Å²) in [6.07, 6.45) is -0.931. The zero-order chi connectivity index (χ0) is 20.0. The van der Waals surface area contributed by atoms with Crippen molar-refractivity contribution < 1.29 is 23.1 Å². The fourth-order valence-corrected chi connectivity index (χ4v) is 2.51. The molecule has 0 saturated carbocycles. The van der Waals surface area contributed by atoms with Crippen molar-refractivity contribution in [2.24, 2.45) is 0 Å². The predicted molar refractivity (Wildman–Crippen MR) is 95.0 cm³/mol. The normalized spacial score (nSPS) is 10.7. The number of rotatable bonds is 8. The quantitative estimate of drug-likeness (QED) is 0.765. The molecule has 2 aromatic rings. The average molecular weight is 377 g/mol. The Hall–Kier alpha value is -2.90. The second-order valence-corrected chi connectivity index (χ2v) is 6.22. The van der Waals surface area contributed by atoms with Crippen LogP contribution in [-0.4, -0.2) is 34.7 Å². The minimum Gasteiger partial charge on any atom is -0.471 e. The maximum atomic E-state index is 12.4. The van der Waals surface area contributed by atoms with Gasteiger partial charge in [-0.25, -0.2) is 13.8 Å². The molecule has 0 radical (unpaired) electrons. The molecule has 0 bridgehead atoms. The molecule has 0 aromatic carbocycles. The minimum atomic E-state index is -2.57. The van der Waals surface area contributed by atoms with Gasteiger partial charge in [0.1, 0.15) is 5.78 Å². The summed E-state index contributed by atoms with van der Waals surface area (Å²) in [5.74, 6) is -0.194. The molecule has 0 spiro atoms. The van der Waals surface area contributed by atoms with Gasteiger partial charge in [-0.2, -0.15) is 0 Å². The summed E-state index contributed by atoms with van der Waals surface area (Å²) in [4.78, 5) is 31.9. The Labute approximate surface area is 156 Å². The molecule has 8 heteroatoms. The number of halogens is 2. The third-order valence-corrected chi connectivity index (χ3v) is 3.58. The lowest BCUT2D eigenvalue weighted by atomic mass is 10.1. The molecular formula is C19H21F2N3O3. The fourth-order valence-electron chi connectivity index (χ4n) is 2.51. The summed E-state index contributed by atoms with van der Waals surface area (Å²) >= 11 is 0. The molecule has 27 heavy (non-hydrogen) atoms. The number of carbonyl (C=O) groups is 2. The molecule has 2 rings (SSSR count). The van der Waals surface area contributed by atoms with E-state index in [4.69, 9.17) is 4.74 Å². The number of ether oxygens (including phenoxy) is 1. The molecule has 0 aliphatic heterocycles. The van der Waals surface area contributed by atoms with Gasteiger partial charge in [-0.05, 0) is 44.5 Å². The van der Waals surface area contributed by atoms with Crippen molar-refractivity contribution in [1.29, 1.82) is 0 Å². The number of Topliss-reactive ketones (excluding diaryl/α,β-unsaturated/α-hetero) is 1. The smallest absolute Gasteiger partial charge is 0.272 e. The summed E-state index contributed by atoms with van der Waals surface area (Å²) in [6, 6.07) is 4.95. The number of carbonyl (C=O) groups excluding carboxylic acids is 2. The highest BCUT2D eigenvalue weighted by atomic mass is 19.3. The lowest BCUT2D eigenvalue weighted by Crippen LogP contribution is -2.23. The first kappa shape index (κ1) is 20.4. The van der Waals surface area contributed by atoms with Crippen molar-refractivity contribution in [1.82, 2.24) is 15.3 Å². The van der Waals surface area contributed by atoms with E-state index in [1.807, 2.05) is 0 Å². The Bertz CT molecular complexity index is 841. The Morgan fingerprint density at radius 1 is 1.22 bits per heavy atom. The zero-order valence-corrected chi connectivity index (χ0v) is 15.4. The first-order valence-electron chi connectivity index (χ1n) is 8.36. The van der Waals surface area contributed by atoms with Gasteiger partial charge in [0, 0.05) is 41.7 Å². The number of hydrogen-bond donors (Lipinski definition) is 1. The zero-order valence-electron chi connectivity index (χ0n) is 15.4. The van der Waals surface area contributed by atoms with Crippen LogP contribution in [0.4, 0.5) is 8.78 Å². The molecule has 0 fully saturated rings. The molecule has 2 heterocycles. The van der Waals surface area contributed by atoms with Crippen LogP contribution in [0.25, 0.3) is 0 Å². The van der Waals surface area contributed by atoms with Crippen LogP contribution in [0, 0.1) is 13.8 Å². The van der Waals surface area contributed by atoms with Gasteiger partial charge < -0.3 is 10.1 Å². The van der Waals surface area contributed by atoms with Crippen LogP contribution in [0.1, 0.15) is 39.8 Å². The predicted octanol–water partition coefficient (Wildman–Crippen LogP) is 2.80. The van der Waals surface area contributed by atoms with Crippen molar-refractivity contribution in [3.63, 3.8) is 0 Å². The van der Waals surface area contributed by atoms with Crippen LogP contribution in [0.15, 0.2) is 24.4 Å². The monoisotopic (exact) mass is 377 g/mol. The van der Waals surface area contributed by atoms with Crippen LogP contribution < -0.4 is 10.1 Å². The van der Waals surface area contributed by atoms with E-state index in [2.05, 4.69) is 15.3 Å². The molecule has 1 N–H and O–H groups in total. The highest BCUT2D eigenvalue weighted by Crippen LogP contribution is 2.16. The SMILES string of the molecule is CC(=O)Cc1cc(C(=O)NCc2cnc(OCC(F)F)c(C)c2)cc(C)n1. The van der Waals surface area contributed by atoms with Gasteiger partial charge in [-0.1, -0.05) is 0 Å². The summed E-state index contributed by atoms with van der Waals surface area (Å²) in [6.45, 7) is 4.41. The van der Waals surface area contributed by atoms with Crippen LogP contribution in [-0.2, 0) is 17.8 Å². The summed E-state index contributed by atoms with van der Waals surface area (Å²) < 4.78 is 29.3. The molecular weight excluding hydrogens is 356 g/mol. The molecule has 0 atom stereocenters. The molecule has 0 saturated heterocycles. The number of hydrogen-bond acceptors (Lipinski definition) is 5. The van der Waals surface area contributed by atoms with Gasteiger partial charge >= 0.3 is 0 Å². The topological polar surface area (TPSA) is 81.2 Å². The minimum absolute atomic E-state index is 0.0323. The number of amides is 1. The molecule has 1 amide bonds. The van der Waals surface area contributed by atoms with Gasteiger partial charge in [0.2, 0.25) is 5.88 Å². The van der Waals surface area contributed by atoms with Gasteiger partial charge in [0.15, 0.2) is 6.61 Å². The Balaban J connectivity index is 2.02. The molecule has 0 aliphatic rings. The Kier molecular flexibility index (Phi) is 6.92. The summed E-state index contributed by atoms with van der Waals surface area (Å²) in [5.41, 5.74) is 2.92. The van der Waals surface area contributed by atoms with E-state index in [-0.39, 0.29) is 30.5 Å². The van der Waals surface area contributed by atoms with Gasteiger partial charge in [0.05, 0.1) is 0 Å². The van der Waals surface area contributed by atoms with Crippen LogP contribution in [0.3, 0.4) is 0 Å². The highest BCUT2D eigenvalue weighted by molar-refractivity contribution is 5.94. The standard InChI is InChI=1S/C19H21F2N3O3/c1-11-4-14(9-23-19(11)27-10-17(20)21)8-22-18(26)15-5-12(2)24-16(7-15)6-13(3)25/h4-5,7,9,17H,6,8,10H2,1-3H3,(H,22,26). The van der Waals surface area contributed by atoms with Crippen LogP contribution in [0.2, 0.25) is 0 Å². The van der Waals surface area contributed by atoms with E-state index in [9.17, 15) is 18.4 Å². The lowest BCUT2D eigenvalue weighted by molar-refractivity contribution is -0.116. The maximum absolute atomic E-state index is 12.4. The van der Waals surface area contributed by atoms with Crippen LogP contribution >= 0.6 is 0 Å². The number of pyridine rings is 2. The molecule has 2 aromatic heterocycles. The first-order valence-corrected chi connectivity index (χ1v) is 8.36. The Morgan fingerprint density at radius 2 is 1.96 bits per heavy atom. The summed E-state index contributed by atoms with van der Waals surface area (Å²) in [7, 11) is 0. The Morgan fingerprint density at radius 3 is 2.59 bits per heavy atom. The fraction of sp³-hybridized carbons (Fsp3) is 0.368. The molecule has 0 unspecified atom stereocenters. The highest BCUT2D eigenvalue weighted by Gasteiger charge is 2.11.